The zero-order valence-electron chi connectivity index (χ0n) is 24.0. The first-order chi connectivity index (χ1) is 19.1. The Hall–Kier alpha value is -3.26. The van der Waals surface area contributed by atoms with Crippen LogP contribution in [0.2, 0.25) is 0 Å². The normalized spacial score (nSPS) is 13.3. The van der Waals surface area contributed by atoms with E-state index in [0.717, 1.165) is 69.0 Å². The molecule has 0 aromatic heterocycles. The fourth-order valence-corrected chi connectivity index (χ4v) is 4.88. The number of unbranched alkanes of at least 4 members (excludes halogenated alkanes) is 4. The number of para-hydroxylation sites is 2. The number of rotatable bonds is 16. The first-order valence-corrected chi connectivity index (χ1v) is 14.5. The molecule has 1 aliphatic rings. The Balaban J connectivity index is 1.68. The van der Waals surface area contributed by atoms with Crippen LogP contribution in [-0.4, -0.2) is 64.9 Å². The molecule has 0 radical (unpaired) electrons. The molecule has 3 rings (SSSR count). The Morgan fingerprint density at radius 2 is 1.59 bits per heavy atom. The van der Waals surface area contributed by atoms with E-state index in [1.54, 1.807) is 7.11 Å². The van der Waals surface area contributed by atoms with Crippen LogP contribution in [0.1, 0.15) is 69.2 Å². The van der Waals surface area contributed by atoms with Crippen molar-refractivity contribution in [2.24, 2.45) is 0 Å². The third kappa shape index (κ3) is 9.46. The van der Waals surface area contributed by atoms with Crippen molar-refractivity contribution in [3.8, 4) is 5.75 Å². The van der Waals surface area contributed by atoms with Gasteiger partial charge in [-0.2, -0.15) is 0 Å². The SMILES string of the molecule is CCCCCCCC(=O)Nc1ccc(N2CCN(c3ccccc3OC)CC2)c(C(=O)NCCCOCC)c1. The van der Waals surface area contributed by atoms with Crippen molar-refractivity contribution >= 4 is 28.9 Å². The van der Waals surface area contributed by atoms with Crippen molar-refractivity contribution in [3.63, 3.8) is 0 Å². The number of nitrogens with zero attached hydrogens (tertiary/aromatic N) is 2. The summed E-state index contributed by atoms with van der Waals surface area (Å²) in [5, 5.41) is 6.04. The molecule has 2 amide bonds. The molecule has 0 atom stereocenters. The molecule has 8 nitrogen and oxygen atoms in total. The van der Waals surface area contributed by atoms with E-state index in [1.165, 1.54) is 12.8 Å². The Kier molecular flexibility index (Phi) is 12.9. The second-order valence-corrected chi connectivity index (χ2v) is 9.90. The fourth-order valence-electron chi connectivity index (χ4n) is 4.88. The van der Waals surface area contributed by atoms with Crippen molar-refractivity contribution in [2.45, 2.75) is 58.8 Å². The number of benzene rings is 2. The maximum Gasteiger partial charge on any atom is 0.253 e. The zero-order valence-corrected chi connectivity index (χ0v) is 24.0. The van der Waals surface area contributed by atoms with Crippen molar-refractivity contribution < 1.29 is 19.1 Å². The molecule has 1 saturated heterocycles. The molecular weight excluding hydrogens is 492 g/mol. The van der Waals surface area contributed by atoms with Gasteiger partial charge in [0.1, 0.15) is 5.75 Å². The molecule has 2 aromatic rings. The smallest absolute Gasteiger partial charge is 0.253 e. The minimum Gasteiger partial charge on any atom is -0.495 e. The summed E-state index contributed by atoms with van der Waals surface area (Å²) in [4.78, 5) is 30.4. The first-order valence-electron chi connectivity index (χ1n) is 14.5. The lowest BCUT2D eigenvalue weighted by Crippen LogP contribution is -2.47. The predicted molar refractivity (Wildman–Crippen MR) is 159 cm³/mol. The van der Waals surface area contributed by atoms with Gasteiger partial charge in [0.15, 0.2) is 0 Å². The number of nitrogens with one attached hydrogen (secondary N) is 2. The average molecular weight is 539 g/mol. The molecule has 1 fully saturated rings. The number of hydrogen-bond donors (Lipinski definition) is 2. The predicted octanol–water partition coefficient (Wildman–Crippen LogP) is 5.48. The third-order valence-corrected chi connectivity index (χ3v) is 7.03. The van der Waals surface area contributed by atoms with Crippen LogP contribution in [0, 0.1) is 0 Å². The van der Waals surface area contributed by atoms with E-state index in [0.29, 0.717) is 37.4 Å². The van der Waals surface area contributed by atoms with Gasteiger partial charge in [-0.05, 0) is 50.1 Å². The van der Waals surface area contributed by atoms with E-state index in [1.807, 2.05) is 43.3 Å². The molecule has 0 spiro atoms. The van der Waals surface area contributed by atoms with Crippen LogP contribution in [0.15, 0.2) is 42.5 Å². The largest absolute Gasteiger partial charge is 0.495 e. The minimum absolute atomic E-state index is 0.00672. The van der Waals surface area contributed by atoms with Gasteiger partial charge in [-0.3, -0.25) is 9.59 Å². The highest BCUT2D eigenvalue weighted by Gasteiger charge is 2.23. The first kappa shape index (κ1) is 30.3. The fraction of sp³-hybridized carbons (Fsp3) is 0.548. The molecule has 214 valence electrons. The van der Waals surface area contributed by atoms with Crippen LogP contribution in [0.25, 0.3) is 0 Å². The minimum atomic E-state index is -0.135. The van der Waals surface area contributed by atoms with Crippen molar-refractivity contribution in [3.05, 3.63) is 48.0 Å². The van der Waals surface area contributed by atoms with Gasteiger partial charge in [0, 0.05) is 63.7 Å². The number of carbonyl (C=O) groups excluding carboxylic acids is 2. The number of methoxy groups -OCH3 is 1. The van der Waals surface area contributed by atoms with Crippen molar-refractivity contribution in [1.82, 2.24) is 5.32 Å². The van der Waals surface area contributed by atoms with E-state index >= 15 is 0 Å². The second-order valence-electron chi connectivity index (χ2n) is 9.90. The van der Waals surface area contributed by atoms with Gasteiger partial charge in [-0.25, -0.2) is 0 Å². The molecule has 0 saturated carbocycles. The van der Waals surface area contributed by atoms with Crippen molar-refractivity contribution in [2.75, 3.05) is 68.2 Å². The highest BCUT2D eigenvalue weighted by Crippen LogP contribution is 2.31. The Labute approximate surface area is 234 Å². The van der Waals surface area contributed by atoms with Gasteiger partial charge in [0.05, 0.1) is 18.4 Å². The topological polar surface area (TPSA) is 83.1 Å². The van der Waals surface area contributed by atoms with Gasteiger partial charge in [0.25, 0.3) is 5.91 Å². The van der Waals surface area contributed by atoms with Crippen LogP contribution in [0.4, 0.5) is 17.1 Å². The maximum atomic E-state index is 13.3. The second kappa shape index (κ2) is 16.6. The number of anilines is 3. The Morgan fingerprint density at radius 1 is 0.872 bits per heavy atom. The van der Waals surface area contributed by atoms with Crippen LogP contribution >= 0.6 is 0 Å². The molecule has 2 N–H and O–H groups in total. The molecule has 39 heavy (non-hydrogen) atoms. The summed E-state index contributed by atoms with van der Waals surface area (Å²) in [6.07, 6.45) is 6.75. The molecule has 2 aromatic carbocycles. The molecule has 0 unspecified atom stereocenters. The lowest BCUT2D eigenvalue weighted by atomic mass is 10.1. The van der Waals surface area contributed by atoms with Crippen molar-refractivity contribution in [1.29, 1.82) is 0 Å². The van der Waals surface area contributed by atoms with E-state index < -0.39 is 0 Å². The maximum absolute atomic E-state index is 13.3. The Bertz CT molecular complexity index is 1040. The summed E-state index contributed by atoms with van der Waals surface area (Å²) in [5.74, 6) is 0.723. The summed E-state index contributed by atoms with van der Waals surface area (Å²) >= 11 is 0. The average Bonchev–Trinajstić information content (AvgIpc) is 2.97. The number of amides is 2. The summed E-state index contributed by atoms with van der Waals surface area (Å²) < 4.78 is 11.0. The molecule has 1 heterocycles. The Morgan fingerprint density at radius 3 is 2.31 bits per heavy atom. The van der Waals surface area contributed by atoms with Gasteiger partial charge in [-0.15, -0.1) is 0 Å². The quantitative estimate of drug-likeness (QED) is 0.276. The van der Waals surface area contributed by atoms with Gasteiger partial charge in [0.2, 0.25) is 5.91 Å². The monoisotopic (exact) mass is 538 g/mol. The van der Waals surface area contributed by atoms with Gasteiger partial charge in [-0.1, -0.05) is 44.7 Å². The highest BCUT2D eigenvalue weighted by molar-refractivity contribution is 6.02. The standard InChI is InChI=1S/C31H46N4O4/c1-4-6-7-8-9-15-30(36)33-25-16-17-27(26(24-25)31(37)32-18-12-23-39-5-2)34-19-21-35(22-20-34)28-13-10-11-14-29(28)38-3/h10-11,13-14,16-17,24H,4-9,12,15,18-23H2,1-3H3,(H,32,37)(H,33,36). The highest BCUT2D eigenvalue weighted by atomic mass is 16.5. The number of carbonyl (C=O) groups is 2. The lowest BCUT2D eigenvalue weighted by molar-refractivity contribution is -0.116. The molecule has 8 heteroatoms. The van der Waals surface area contributed by atoms with Gasteiger partial charge >= 0.3 is 0 Å². The molecular formula is C31H46N4O4. The number of hydrogen-bond acceptors (Lipinski definition) is 6. The van der Waals surface area contributed by atoms with Crippen LogP contribution in [0.3, 0.4) is 0 Å². The van der Waals surface area contributed by atoms with Gasteiger partial charge < -0.3 is 29.9 Å². The summed E-state index contributed by atoms with van der Waals surface area (Å²) in [6, 6.07) is 13.7. The van der Waals surface area contributed by atoms with E-state index in [2.05, 4.69) is 33.4 Å². The van der Waals surface area contributed by atoms with Crippen LogP contribution in [0.5, 0.6) is 5.75 Å². The van der Waals surface area contributed by atoms with E-state index in [-0.39, 0.29) is 11.8 Å². The lowest BCUT2D eigenvalue weighted by Gasteiger charge is -2.38. The summed E-state index contributed by atoms with van der Waals surface area (Å²) in [5.41, 5.74) is 3.21. The molecule has 0 aliphatic carbocycles. The summed E-state index contributed by atoms with van der Waals surface area (Å²) in [7, 11) is 1.70. The van der Waals surface area contributed by atoms with E-state index in [4.69, 9.17) is 9.47 Å². The summed E-state index contributed by atoms with van der Waals surface area (Å²) in [6.45, 7) is 9.13. The third-order valence-electron chi connectivity index (χ3n) is 7.03. The zero-order chi connectivity index (χ0) is 27.9. The number of ether oxygens (including phenoxy) is 2. The van der Waals surface area contributed by atoms with Crippen LogP contribution < -0.4 is 25.2 Å². The molecule has 0 bridgehead atoms. The van der Waals surface area contributed by atoms with Crippen LogP contribution in [-0.2, 0) is 9.53 Å². The molecule has 1 aliphatic heterocycles. The van der Waals surface area contributed by atoms with E-state index in [9.17, 15) is 9.59 Å². The number of piperazine rings is 1.